The van der Waals surface area contributed by atoms with Crippen molar-refractivity contribution in [2.75, 3.05) is 10.6 Å². The quantitative estimate of drug-likeness (QED) is 0.788. The number of hydrogen-bond donors (Lipinski definition) is 3. The Morgan fingerprint density at radius 3 is 2.65 bits per heavy atom. The van der Waals surface area contributed by atoms with E-state index in [2.05, 4.69) is 17.6 Å². The number of rotatable bonds is 3. The number of carbonyl (C=O) groups excluding carboxylic acids is 1. The summed E-state index contributed by atoms with van der Waals surface area (Å²) < 4.78 is 0. The number of nitrogens with one attached hydrogen (secondary N) is 2. The molecule has 0 saturated heterocycles. The lowest BCUT2D eigenvalue weighted by Gasteiger charge is -2.17. The highest BCUT2D eigenvalue weighted by Crippen LogP contribution is 2.39. The molecule has 0 saturated carbocycles. The fourth-order valence-corrected chi connectivity index (χ4v) is 4.25. The second-order valence-corrected chi connectivity index (χ2v) is 6.91. The molecule has 5 nitrogen and oxygen atoms in total. The smallest absolute Gasteiger partial charge is 0.339 e. The molecule has 0 bridgehead atoms. The fourth-order valence-electron chi connectivity index (χ4n) is 2.85. The Labute approximate surface area is 138 Å². The van der Waals surface area contributed by atoms with E-state index in [1.54, 1.807) is 12.1 Å². The van der Waals surface area contributed by atoms with E-state index < -0.39 is 12.0 Å². The summed E-state index contributed by atoms with van der Waals surface area (Å²) in [6, 6.07) is 8.63. The Balaban J connectivity index is 1.82. The number of benzene rings is 1. The Kier molecular flexibility index (Phi) is 4.34. The SMILES string of the molecule is CC1CCc2c(sc(NC(=O)Nc3ccccc3)c2C(=O)O)C1. The third-order valence-electron chi connectivity index (χ3n) is 3.98. The topological polar surface area (TPSA) is 78.4 Å². The first-order valence-corrected chi connectivity index (χ1v) is 8.37. The van der Waals surface area contributed by atoms with E-state index in [4.69, 9.17) is 0 Å². The zero-order chi connectivity index (χ0) is 16.4. The van der Waals surface area contributed by atoms with Gasteiger partial charge in [0.2, 0.25) is 0 Å². The Hall–Kier alpha value is -2.34. The van der Waals surface area contributed by atoms with Crippen LogP contribution in [0.25, 0.3) is 0 Å². The van der Waals surface area contributed by atoms with E-state index in [0.717, 1.165) is 29.7 Å². The standard InChI is InChI=1S/C17H18N2O3S/c1-10-7-8-12-13(9-10)23-15(14(12)16(20)21)19-17(22)18-11-5-3-2-4-6-11/h2-6,10H,7-9H2,1H3,(H,20,21)(H2,18,19,22). The van der Waals surface area contributed by atoms with E-state index in [-0.39, 0.29) is 5.56 Å². The number of hydrogen-bond acceptors (Lipinski definition) is 3. The van der Waals surface area contributed by atoms with E-state index in [9.17, 15) is 14.7 Å². The molecule has 1 heterocycles. The van der Waals surface area contributed by atoms with Crippen LogP contribution in [0.1, 0.15) is 34.1 Å². The molecule has 3 rings (SSSR count). The molecule has 0 radical (unpaired) electrons. The molecule has 2 amide bonds. The van der Waals surface area contributed by atoms with Crippen molar-refractivity contribution in [3.8, 4) is 0 Å². The number of carboxylic acids is 1. The van der Waals surface area contributed by atoms with Crippen LogP contribution in [0.5, 0.6) is 0 Å². The molecule has 0 aliphatic heterocycles. The lowest BCUT2D eigenvalue weighted by atomic mass is 9.88. The van der Waals surface area contributed by atoms with Gasteiger partial charge in [0.25, 0.3) is 0 Å². The van der Waals surface area contributed by atoms with Crippen LogP contribution in [0.4, 0.5) is 15.5 Å². The summed E-state index contributed by atoms with van der Waals surface area (Å²) in [6.45, 7) is 2.16. The van der Waals surface area contributed by atoms with Gasteiger partial charge in [-0.05, 0) is 42.9 Å². The maximum Gasteiger partial charge on any atom is 0.339 e. The predicted molar refractivity (Wildman–Crippen MR) is 91.6 cm³/mol. The van der Waals surface area contributed by atoms with E-state index in [1.807, 2.05) is 18.2 Å². The minimum absolute atomic E-state index is 0.250. The summed E-state index contributed by atoms with van der Waals surface area (Å²) >= 11 is 1.38. The summed E-state index contributed by atoms with van der Waals surface area (Å²) in [5.74, 6) is -0.430. The van der Waals surface area contributed by atoms with Crippen LogP contribution in [0, 0.1) is 5.92 Å². The third-order valence-corrected chi connectivity index (χ3v) is 5.15. The molecule has 0 fully saturated rings. The summed E-state index contributed by atoms with van der Waals surface area (Å²) in [4.78, 5) is 24.8. The van der Waals surface area contributed by atoms with Crippen molar-refractivity contribution in [1.82, 2.24) is 0 Å². The van der Waals surface area contributed by atoms with Gasteiger partial charge in [0.05, 0.1) is 5.56 Å². The van der Waals surface area contributed by atoms with Crippen molar-refractivity contribution in [3.63, 3.8) is 0 Å². The van der Waals surface area contributed by atoms with Gasteiger partial charge in [0.1, 0.15) is 5.00 Å². The fraction of sp³-hybridized carbons (Fsp3) is 0.294. The first kappa shape index (κ1) is 15.6. The third kappa shape index (κ3) is 3.37. The van der Waals surface area contributed by atoms with E-state index >= 15 is 0 Å². The molecule has 1 aromatic carbocycles. The molecule has 2 aromatic rings. The summed E-state index contributed by atoms with van der Waals surface area (Å²) in [7, 11) is 0. The normalized spacial score (nSPS) is 16.5. The molecule has 1 aliphatic carbocycles. The molecule has 1 atom stereocenters. The number of anilines is 2. The second kappa shape index (κ2) is 6.42. The average molecular weight is 330 g/mol. The molecule has 1 unspecified atom stereocenters. The van der Waals surface area contributed by atoms with Gasteiger partial charge >= 0.3 is 12.0 Å². The lowest BCUT2D eigenvalue weighted by Crippen LogP contribution is -2.20. The largest absolute Gasteiger partial charge is 0.478 e. The van der Waals surface area contributed by atoms with Crippen molar-refractivity contribution in [2.45, 2.75) is 26.2 Å². The number of carboxylic acid groups (broad SMARTS) is 1. The van der Waals surface area contributed by atoms with Crippen LogP contribution in [0.15, 0.2) is 30.3 Å². The Morgan fingerprint density at radius 2 is 1.96 bits per heavy atom. The minimum atomic E-state index is -0.980. The molecular formula is C17H18N2O3S. The Bertz CT molecular complexity index is 740. The van der Waals surface area contributed by atoms with Crippen molar-refractivity contribution < 1.29 is 14.7 Å². The van der Waals surface area contributed by atoms with Crippen LogP contribution in [-0.4, -0.2) is 17.1 Å². The number of urea groups is 1. The predicted octanol–water partition coefficient (Wildman–Crippen LogP) is 4.22. The molecule has 0 spiro atoms. The van der Waals surface area contributed by atoms with Gasteiger partial charge in [0.15, 0.2) is 0 Å². The van der Waals surface area contributed by atoms with Crippen molar-refractivity contribution in [2.24, 2.45) is 5.92 Å². The number of aromatic carboxylic acids is 1. The highest BCUT2D eigenvalue weighted by molar-refractivity contribution is 7.17. The minimum Gasteiger partial charge on any atom is -0.478 e. The van der Waals surface area contributed by atoms with Crippen LogP contribution in [0.3, 0.4) is 0 Å². The molecule has 1 aromatic heterocycles. The number of para-hydroxylation sites is 1. The molecule has 23 heavy (non-hydrogen) atoms. The van der Waals surface area contributed by atoms with E-state index in [0.29, 0.717) is 16.6 Å². The summed E-state index contributed by atoms with van der Waals surface area (Å²) in [5, 5.41) is 15.3. The summed E-state index contributed by atoms with van der Waals surface area (Å²) in [6.07, 6.45) is 2.62. The first-order chi connectivity index (χ1) is 11.0. The van der Waals surface area contributed by atoms with Gasteiger partial charge in [-0.2, -0.15) is 0 Å². The lowest BCUT2D eigenvalue weighted by molar-refractivity contribution is 0.0697. The molecule has 6 heteroatoms. The van der Waals surface area contributed by atoms with Crippen molar-refractivity contribution in [3.05, 3.63) is 46.3 Å². The highest BCUT2D eigenvalue weighted by Gasteiger charge is 2.28. The first-order valence-electron chi connectivity index (χ1n) is 7.55. The van der Waals surface area contributed by atoms with Crippen molar-refractivity contribution in [1.29, 1.82) is 0 Å². The van der Waals surface area contributed by atoms with Crippen LogP contribution in [0.2, 0.25) is 0 Å². The number of fused-ring (bicyclic) bond motifs is 1. The molecule has 1 aliphatic rings. The van der Waals surface area contributed by atoms with Gasteiger partial charge in [-0.15, -0.1) is 11.3 Å². The maximum absolute atomic E-state index is 12.1. The average Bonchev–Trinajstić information content (AvgIpc) is 2.84. The van der Waals surface area contributed by atoms with Crippen LogP contribution in [-0.2, 0) is 12.8 Å². The number of carbonyl (C=O) groups is 2. The zero-order valence-electron chi connectivity index (χ0n) is 12.8. The zero-order valence-corrected chi connectivity index (χ0v) is 13.6. The molecule has 3 N–H and O–H groups in total. The van der Waals surface area contributed by atoms with E-state index in [1.165, 1.54) is 11.3 Å². The monoisotopic (exact) mass is 330 g/mol. The van der Waals surface area contributed by atoms with Gasteiger partial charge in [-0.3, -0.25) is 5.32 Å². The highest BCUT2D eigenvalue weighted by atomic mass is 32.1. The van der Waals surface area contributed by atoms with Gasteiger partial charge < -0.3 is 10.4 Å². The maximum atomic E-state index is 12.1. The van der Waals surface area contributed by atoms with Crippen molar-refractivity contribution >= 4 is 34.0 Å². The van der Waals surface area contributed by atoms with Gasteiger partial charge in [-0.1, -0.05) is 25.1 Å². The van der Waals surface area contributed by atoms with Crippen LogP contribution >= 0.6 is 11.3 Å². The number of amides is 2. The molecule has 120 valence electrons. The van der Waals surface area contributed by atoms with Crippen LogP contribution < -0.4 is 10.6 Å². The second-order valence-electron chi connectivity index (χ2n) is 5.81. The van der Waals surface area contributed by atoms with Gasteiger partial charge in [-0.25, -0.2) is 9.59 Å². The summed E-state index contributed by atoms with van der Waals surface area (Å²) in [5.41, 5.74) is 1.80. The molecular weight excluding hydrogens is 312 g/mol. The number of thiophene rings is 1. The van der Waals surface area contributed by atoms with Gasteiger partial charge in [0, 0.05) is 10.6 Å². The Morgan fingerprint density at radius 1 is 1.22 bits per heavy atom.